The van der Waals surface area contributed by atoms with Gasteiger partial charge in [0.15, 0.2) is 20.2 Å². The predicted molar refractivity (Wildman–Crippen MR) is 107 cm³/mol. The summed E-state index contributed by atoms with van der Waals surface area (Å²) in [5.74, 6) is 0. The van der Waals surface area contributed by atoms with Crippen molar-refractivity contribution in [1.82, 2.24) is 0 Å². The molecule has 1 aliphatic heterocycles. The van der Waals surface area contributed by atoms with Gasteiger partial charge in [-0.15, -0.1) is 0 Å². The molecule has 1 rings (SSSR count). The molecule has 19 heteroatoms. The summed E-state index contributed by atoms with van der Waals surface area (Å²) in [4.78, 5) is 0. The van der Waals surface area contributed by atoms with Crippen molar-refractivity contribution in [2.24, 2.45) is 22.9 Å². The number of alkyl halides is 6. The Kier molecular flexibility index (Phi) is 21.3. The van der Waals surface area contributed by atoms with Crippen LogP contribution < -0.4 is 22.9 Å². The Morgan fingerprint density at radius 2 is 0.788 bits per heavy atom. The van der Waals surface area contributed by atoms with E-state index in [1.807, 2.05) is 0 Å². The van der Waals surface area contributed by atoms with Gasteiger partial charge in [0.2, 0.25) is 0 Å². The van der Waals surface area contributed by atoms with E-state index in [0.29, 0.717) is 26.2 Å². The summed E-state index contributed by atoms with van der Waals surface area (Å²) in [6.07, 6.45) is 0. The molecule has 0 amide bonds. The van der Waals surface area contributed by atoms with Gasteiger partial charge in [-0.05, 0) is 0 Å². The second-order valence-corrected chi connectivity index (χ2v) is 12.5. The van der Waals surface area contributed by atoms with Crippen molar-refractivity contribution in [2.45, 2.75) is 38.7 Å². The standard InChI is InChI=1S/C8H12.2C2H8N2.2CHF3O3S.Os/c1-5-7(3)8(4)6-2;2*3-1-2-4;2*2-1(3,4)8(5,6)7;/h1-4H3;2*1-4H2;2*(H,5,6,7);/q;;;;;+2/p-2. The Morgan fingerprint density at radius 1 is 0.636 bits per heavy atom. The van der Waals surface area contributed by atoms with Crippen molar-refractivity contribution in [3.05, 3.63) is 11.1 Å². The third-order valence-corrected chi connectivity index (χ3v) is 7.69. The van der Waals surface area contributed by atoms with Gasteiger partial charge in [0.1, 0.15) is 0 Å². The average Bonchev–Trinajstić information content (AvgIpc) is 2.85. The number of nitrogens with two attached hydrogens (primary N) is 4. The number of rotatable bonds is 2. The van der Waals surface area contributed by atoms with Crippen LogP contribution in [-0.2, 0) is 36.7 Å². The summed E-state index contributed by atoms with van der Waals surface area (Å²) >= 11 is 0.0563. The topological polar surface area (TPSA) is 218 Å². The molecule has 0 aromatic rings. The first-order chi connectivity index (χ1) is 14.5. The number of halogens is 6. The predicted octanol–water partition coefficient (Wildman–Crippen LogP) is -0.286. The van der Waals surface area contributed by atoms with Crippen LogP contribution in [0, 0.1) is 0 Å². The molecule has 1 aliphatic rings. The average molecular weight is 717 g/mol. The fourth-order valence-corrected chi connectivity index (χ4v) is 4.17. The smallest absolute Gasteiger partial charge is 0.485 e. The van der Waals surface area contributed by atoms with Crippen molar-refractivity contribution in [3.63, 3.8) is 0 Å². The van der Waals surface area contributed by atoms with Crippen LogP contribution in [0.2, 0.25) is 0 Å². The fourth-order valence-electron chi connectivity index (χ4n) is 0.839. The molecule has 0 aromatic heterocycles. The Morgan fingerprint density at radius 3 is 0.818 bits per heavy atom. The molecule has 0 saturated heterocycles. The molecule has 10 nitrogen and oxygen atoms in total. The Balaban J connectivity index is -0.000000166. The van der Waals surface area contributed by atoms with Crippen molar-refractivity contribution in [3.8, 4) is 0 Å². The van der Waals surface area contributed by atoms with E-state index in [0.717, 1.165) is 0 Å². The van der Waals surface area contributed by atoms with Crippen LogP contribution in [0.1, 0.15) is 27.7 Å². The molecule has 0 unspecified atom stereocenters. The molecule has 202 valence electrons. The van der Waals surface area contributed by atoms with Crippen molar-refractivity contribution in [2.75, 3.05) is 26.2 Å². The van der Waals surface area contributed by atoms with Gasteiger partial charge in [0.25, 0.3) is 0 Å². The molecule has 0 spiro atoms. The van der Waals surface area contributed by atoms with Gasteiger partial charge < -0.3 is 32.0 Å². The fraction of sp³-hybridized carbons (Fsp3) is 0.714. The maximum Gasteiger partial charge on any atom is 0.485 e. The molecule has 0 aromatic carbocycles. The second-order valence-electron chi connectivity index (χ2n) is 5.32. The zero-order chi connectivity index (χ0) is 27.8. The van der Waals surface area contributed by atoms with Crippen LogP contribution in [0.3, 0.4) is 0 Å². The SMILES string of the molecule is C[C]1=[Os+2]=[C](C)C(C)=C1C.NCCN.NCCN.O=S(=O)([O-])C(F)(F)F.O=S(=O)([O-])C(F)(F)F. The van der Waals surface area contributed by atoms with E-state index >= 15 is 0 Å². The molecule has 0 saturated carbocycles. The zero-order valence-corrected chi connectivity index (χ0v) is 22.2. The minimum atomic E-state index is -6.09. The van der Waals surface area contributed by atoms with Gasteiger partial charge in [-0.25, -0.2) is 16.8 Å². The van der Waals surface area contributed by atoms with E-state index < -0.39 is 31.3 Å². The van der Waals surface area contributed by atoms with E-state index in [-0.39, 0.29) is 16.5 Å². The van der Waals surface area contributed by atoms with Gasteiger partial charge in [0.05, 0.1) is 0 Å². The minimum absolute atomic E-state index is 0.0563. The monoisotopic (exact) mass is 718 g/mol. The van der Waals surface area contributed by atoms with Gasteiger partial charge >= 0.3 is 74.5 Å². The van der Waals surface area contributed by atoms with Crippen LogP contribution in [0.4, 0.5) is 26.3 Å². The molecule has 1 heterocycles. The minimum Gasteiger partial charge on any atom is -0.741 e. The van der Waals surface area contributed by atoms with E-state index in [9.17, 15) is 26.3 Å². The van der Waals surface area contributed by atoms with Crippen LogP contribution in [-0.4, -0.2) is 71.3 Å². The van der Waals surface area contributed by atoms with Crippen molar-refractivity contribution in [1.29, 1.82) is 0 Å². The number of hydrogen-bond donors (Lipinski definition) is 4. The van der Waals surface area contributed by atoms with Crippen molar-refractivity contribution >= 4 is 28.4 Å². The molecule has 0 fully saturated rings. The molecule has 0 aliphatic carbocycles. The third kappa shape index (κ3) is 21.6. The summed E-state index contributed by atoms with van der Waals surface area (Å²) < 4.78 is 121. The normalized spacial score (nSPS) is 13.8. The summed E-state index contributed by atoms with van der Waals surface area (Å²) in [7, 11) is -12.2. The maximum absolute atomic E-state index is 10.7. The van der Waals surface area contributed by atoms with Gasteiger partial charge in [-0.1, -0.05) is 0 Å². The van der Waals surface area contributed by atoms with E-state index in [1.165, 1.54) is 0 Å². The first kappa shape index (κ1) is 39.6. The molecule has 0 radical (unpaired) electrons. The first-order valence-corrected chi connectivity index (χ1v) is 13.6. The molecular formula is C14H28F6N4O6OsS2. The van der Waals surface area contributed by atoms with Crippen LogP contribution >= 0.6 is 0 Å². The van der Waals surface area contributed by atoms with Gasteiger partial charge in [-0.2, -0.15) is 26.3 Å². The van der Waals surface area contributed by atoms with Crippen LogP contribution in [0.5, 0.6) is 0 Å². The molecule has 8 N–H and O–H groups in total. The third-order valence-electron chi connectivity index (χ3n) is 2.74. The van der Waals surface area contributed by atoms with Gasteiger partial charge in [0, 0.05) is 26.2 Å². The zero-order valence-electron chi connectivity index (χ0n) is 18.0. The molecule has 0 bridgehead atoms. The molecule has 33 heavy (non-hydrogen) atoms. The quantitative estimate of drug-likeness (QED) is 0.166. The van der Waals surface area contributed by atoms with E-state index in [1.54, 1.807) is 19.3 Å². The summed E-state index contributed by atoms with van der Waals surface area (Å²) in [5, 5.41) is 0. The Bertz CT molecular complexity index is 809. The summed E-state index contributed by atoms with van der Waals surface area (Å²) in [6, 6.07) is 0. The van der Waals surface area contributed by atoms with E-state index in [4.69, 9.17) is 48.9 Å². The molecular weight excluding hydrogens is 689 g/mol. The van der Waals surface area contributed by atoms with Crippen LogP contribution in [0.25, 0.3) is 0 Å². The second kappa shape index (κ2) is 17.7. The number of allylic oxidation sites excluding steroid dienone is 2. The van der Waals surface area contributed by atoms with Gasteiger partial charge in [-0.3, -0.25) is 0 Å². The molecule has 0 atom stereocenters. The van der Waals surface area contributed by atoms with Crippen LogP contribution in [0.15, 0.2) is 11.1 Å². The number of hydrogen-bond acceptors (Lipinski definition) is 10. The summed E-state index contributed by atoms with van der Waals surface area (Å²) in [6.45, 7) is 11.4. The Hall–Kier alpha value is -0.644. The largest absolute Gasteiger partial charge is 0.741 e. The van der Waals surface area contributed by atoms with Crippen molar-refractivity contribution < 1.29 is 68.8 Å². The summed E-state index contributed by atoms with van der Waals surface area (Å²) in [5.41, 5.74) is 11.5. The maximum atomic E-state index is 10.7. The Labute approximate surface area is 196 Å². The van der Waals surface area contributed by atoms with E-state index in [2.05, 4.69) is 27.7 Å². The first-order valence-electron chi connectivity index (χ1n) is 8.28.